The number of carboxylic acid groups (broad SMARTS) is 1. The second kappa shape index (κ2) is 8.60. The molecule has 1 heterocycles. The van der Waals surface area contributed by atoms with Crippen molar-refractivity contribution in [3.05, 3.63) is 47.5 Å². The fourth-order valence-electron chi connectivity index (χ4n) is 2.78. The van der Waals surface area contributed by atoms with E-state index in [1.807, 2.05) is 20.8 Å². The molecule has 0 unspecified atom stereocenters. The first-order valence-electron chi connectivity index (χ1n) is 8.72. The van der Waals surface area contributed by atoms with E-state index in [0.717, 1.165) is 6.42 Å². The van der Waals surface area contributed by atoms with Crippen LogP contribution in [0.1, 0.15) is 62.0 Å². The average Bonchev–Trinajstić information content (AvgIpc) is 3.04. The fraction of sp³-hybridized carbons (Fsp3) is 0.421. The van der Waals surface area contributed by atoms with Crippen LogP contribution in [0.15, 0.2) is 30.5 Å². The number of hydrogen-bond acceptors (Lipinski definition) is 3. The molecule has 0 saturated carbocycles. The molecule has 2 aromatic rings. The van der Waals surface area contributed by atoms with Crippen LogP contribution in [0.5, 0.6) is 0 Å². The Balaban J connectivity index is 2.32. The molecule has 0 aliphatic heterocycles. The molecular formula is C19H24FN3O3. The minimum absolute atomic E-state index is 0.0396. The second-order valence-electron chi connectivity index (χ2n) is 6.49. The van der Waals surface area contributed by atoms with Gasteiger partial charge < -0.3 is 10.4 Å². The Bertz CT molecular complexity index is 769. The van der Waals surface area contributed by atoms with Crippen LogP contribution in [0.25, 0.3) is 5.69 Å². The largest absolute Gasteiger partial charge is 0.480 e. The molecule has 0 saturated heterocycles. The van der Waals surface area contributed by atoms with E-state index in [4.69, 9.17) is 0 Å². The number of aromatic nitrogens is 2. The SMILES string of the molecule is CCCC[C@H](NC(=O)c1cnn(-c2ccc(F)cc2)c1C(C)C)C(=O)O. The number of carbonyl (C=O) groups excluding carboxylic acids is 1. The number of aliphatic carboxylic acids is 1. The summed E-state index contributed by atoms with van der Waals surface area (Å²) in [5.41, 5.74) is 1.61. The summed E-state index contributed by atoms with van der Waals surface area (Å²) in [7, 11) is 0. The van der Waals surface area contributed by atoms with E-state index in [-0.39, 0.29) is 11.7 Å². The van der Waals surface area contributed by atoms with Crippen molar-refractivity contribution < 1.29 is 19.1 Å². The molecule has 0 aliphatic rings. The first kappa shape index (κ1) is 19.6. The molecular weight excluding hydrogens is 337 g/mol. The van der Waals surface area contributed by atoms with E-state index in [1.54, 1.807) is 16.8 Å². The minimum Gasteiger partial charge on any atom is -0.480 e. The van der Waals surface area contributed by atoms with Crippen molar-refractivity contribution in [2.75, 3.05) is 0 Å². The number of rotatable bonds is 8. The lowest BCUT2D eigenvalue weighted by molar-refractivity contribution is -0.139. The maximum absolute atomic E-state index is 13.2. The third-order valence-electron chi connectivity index (χ3n) is 4.12. The van der Waals surface area contributed by atoms with Crippen molar-refractivity contribution in [1.29, 1.82) is 0 Å². The average molecular weight is 361 g/mol. The number of nitrogens with zero attached hydrogens (tertiary/aromatic N) is 2. The van der Waals surface area contributed by atoms with Crippen LogP contribution < -0.4 is 5.32 Å². The molecule has 2 N–H and O–H groups in total. The highest BCUT2D eigenvalue weighted by Crippen LogP contribution is 2.23. The van der Waals surface area contributed by atoms with Crippen LogP contribution in [0.3, 0.4) is 0 Å². The Kier molecular flexibility index (Phi) is 6.49. The number of nitrogens with one attached hydrogen (secondary N) is 1. The predicted octanol–water partition coefficient (Wildman–Crippen LogP) is 3.51. The summed E-state index contributed by atoms with van der Waals surface area (Å²) >= 11 is 0. The standard InChI is InChI=1S/C19H24FN3O3/c1-4-5-6-16(19(25)26)22-18(24)15-11-21-23(17(15)12(2)3)14-9-7-13(20)8-10-14/h7-12,16H,4-6H2,1-3H3,(H,22,24)(H,25,26)/t16-/m0/s1. The lowest BCUT2D eigenvalue weighted by Crippen LogP contribution is -2.41. The molecule has 1 aromatic heterocycles. The van der Waals surface area contributed by atoms with Crippen molar-refractivity contribution in [2.45, 2.75) is 52.0 Å². The van der Waals surface area contributed by atoms with Crippen LogP contribution in [-0.4, -0.2) is 32.8 Å². The number of carbonyl (C=O) groups is 2. The highest BCUT2D eigenvalue weighted by atomic mass is 19.1. The van der Waals surface area contributed by atoms with Gasteiger partial charge in [0.1, 0.15) is 11.9 Å². The topological polar surface area (TPSA) is 84.2 Å². The third kappa shape index (κ3) is 4.47. The van der Waals surface area contributed by atoms with Crippen LogP contribution in [0.4, 0.5) is 4.39 Å². The maximum Gasteiger partial charge on any atom is 0.326 e. The summed E-state index contributed by atoms with van der Waals surface area (Å²) in [6, 6.07) is 4.88. The fourth-order valence-corrected chi connectivity index (χ4v) is 2.78. The summed E-state index contributed by atoms with van der Waals surface area (Å²) in [6.45, 7) is 5.80. The highest BCUT2D eigenvalue weighted by molar-refractivity contribution is 5.97. The molecule has 2 rings (SSSR count). The Labute approximate surface area is 152 Å². The smallest absolute Gasteiger partial charge is 0.326 e. The Morgan fingerprint density at radius 1 is 1.27 bits per heavy atom. The second-order valence-corrected chi connectivity index (χ2v) is 6.49. The zero-order valence-corrected chi connectivity index (χ0v) is 15.2. The Morgan fingerprint density at radius 3 is 2.46 bits per heavy atom. The van der Waals surface area contributed by atoms with E-state index >= 15 is 0 Å². The first-order chi connectivity index (χ1) is 12.3. The first-order valence-corrected chi connectivity index (χ1v) is 8.72. The van der Waals surface area contributed by atoms with Crippen LogP contribution in [-0.2, 0) is 4.79 Å². The number of unbranched alkanes of at least 4 members (excludes halogenated alkanes) is 1. The van der Waals surface area contributed by atoms with E-state index < -0.39 is 17.9 Å². The van der Waals surface area contributed by atoms with Crippen molar-refractivity contribution >= 4 is 11.9 Å². The summed E-state index contributed by atoms with van der Waals surface area (Å²) in [6.07, 6.45) is 3.36. The van der Waals surface area contributed by atoms with Gasteiger partial charge in [0.25, 0.3) is 5.91 Å². The number of amides is 1. The molecule has 1 amide bonds. The van der Waals surface area contributed by atoms with Crippen molar-refractivity contribution in [3.63, 3.8) is 0 Å². The molecule has 0 bridgehead atoms. The normalized spacial score (nSPS) is 12.2. The quantitative estimate of drug-likeness (QED) is 0.754. The van der Waals surface area contributed by atoms with Crippen LogP contribution in [0, 0.1) is 5.82 Å². The highest BCUT2D eigenvalue weighted by Gasteiger charge is 2.25. The van der Waals surface area contributed by atoms with E-state index in [9.17, 15) is 19.1 Å². The van der Waals surface area contributed by atoms with Gasteiger partial charge in [-0.2, -0.15) is 5.10 Å². The lowest BCUT2D eigenvalue weighted by atomic mass is 10.0. The summed E-state index contributed by atoms with van der Waals surface area (Å²) in [5.74, 6) is -1.91. The summed E-state index contributed by atoms with van der Waals surface area (Å²) < 4.78 is 14.8. The van der Waals surface area contributed by atoms with Gasteiger partial charge in [-0.15, -0.1) is 0 Å². The molecule has 0 spiro atoms. The minimum atomic E-state index is -1.05. The number of hydrogen-bond donors (Lipinski definition) is 2. The third-order valence-corrected chi connectivity index (χ3v) is 4.12. The molecule has 6 nitrogen and oxygen atoms in total. The zero-order valence-electron chi connectivity index (χ0n) is 15.2. The molecule has 0 aliphatic carbocycles. The van der Waals surface area contributed by atoms with Gasteiger partial charge in [-0.3, -0.25) is 4.79 Å². The van der Waals surface area contributed by atoms with E-state index in [1.165, 1.54) is 18.3 Å². The van der Waals surface area contributed by atoms with Gasteiger partial charge in [-0.05, 0) is 36.6 Å². The van der Waals surface area contributed by atoms with Gasteiger partial charge in [0.15, 0.2) is 0 Å². The zero-order chi connectivity index (χ0) is 19.3. The molecule has 0 radical (unpaired) electrons. The van der Waals surface area contributed by atoms with Gasteiger partial charge in [-0.1, -0.05) is 33.6 Å². The van der Waals surface area contributed by atoms with Gasteiger partial charge in [-0.25, -0.2) is 13.9 Å². The number of carboxylic acids is 1. The van der Waals surface area contributed by atoms with Crippen molar-refractivity contribution in [2.24, 2.45) is 0 Å². The molecule has 0 fully saturated rings. The summed E-state index contributed by atoms with van der Waals surface area (Å²) in [5, 5.41) is 16.2. The summed E-state index contributed by atoms with van der Waals surface area (Å²) in [4.78, 5) is 24.0. The van der Waals surface area contributed by atoms with Gasteiger partial charge >= 0.3 is 5.97 Å². The molecule has 1 aromatic carbocycles. The predicted molar refractivity (Wildman–Crippen MR) is 96.0 cm³/mol. The molecule has 26 heavy (non-hydrogen) atoms. The molecule has 1 atom stereocenters. The number of benzene rings is 1. The van der Waals surface area contributed by atoms with Crippen LogP contribution >= 0.6 is 0 Å². The van der Waals surface area contributed by atoms with Gasteiger partial charge in [0, 0.05) is 0 Å². The monoisotopic (exact) mass is 361 g/mol. The van der Waals surface area contributed by atoms with Gasteiger partial charge in [0.05, 0.1) is 23.1 Å². The molecule has 140 valence electrons. The van der Waals surface area contributed by atoms with Crippen molar-refractivity contribution in [1.82, 2.24) is 15.1 Å². The lowest BCUT2D eigenvalue weighted by Gasteiger charge is -2.16. The van der Waals surface area contributed by atoms with Crippen molar-refractivity contribution in [3.8, 4) is 5.69 Å². The molecule has 7 heteroatoms. The Hall–Kier alpha value is -2.70. The maximum atomic E-state index is 13.2. The van der Waals surface area contributed by atoms with E-state index in [2.05, 4.69) is 10.4 Å². The van der Waals surface area contributed by atoms with Crippen LogP contribution in [0.2, 0.25) is 0 Å². The number of halogens is 1. The Morgan fingerprint density at radius 2 is 1.92 bits per heavy atom. The van der Waals surface area contributed by atoms with E-state index in [0.29, 0.717) is 29.8 Å². The van der Waals surface area contributed by atoms with Gasteiger partial charge in [0.2, 0.25) is 0 Å².